The number of para-hydroxylation sites is 1. The molecule has 0 saturated carbocycles. The van der Waals surface area contributed by atoms with E-state index in [1.54, 1.807) is 18.2 Å². The van der Waals surface area contributed by atoms with Crippen molar-refractivity contribution in [3.05, 3.63) is 28.7 Å². The number of nitrogens with one attached hydrogen (secondary N) is 2. The van der Waals surface area contributed by atoms with Gasteiger partial charge in [-0.2, -0.15) is 0 Å². The predicted octanol–water partition coefficient (Wildman–Crippen LogP) is 1.80. The van der Waals surface area contributed by atoms with E-state index < -0.39 is 24.0 Å². The average molecular weight is 331 g/mol. The summed E-state index contributed by atoms with van der Waals surface area (Å²) < 4.78 is 0.724. The fraction of sp³-hybridized carbons (Fsp3) is 0.333. The lowest BCUT2D eigenvalue weighted by atomic mass is 10.0. The molecule has 1 atom stereocenters. The Morgan fingerprint density at radius 3 is 2.58 bits per heavy atom. The summed E-state index contributed by atoms with van der Waals surface area (Å²) in [5, 5.41) is 23.3. The fourth-order valence-corrected chi connectivity index (χ4v) is 1.77. The monoisotopic (exact) mass is 330 g/mol. The number of rotatable bonds is 5. The van der Waals surface area contributed by atoms with Crippen LogP contribution in [0.1, 0.15) is 13.3 Å². The Kier molecular flexibility index (Phi) is 5.31. The number of benzene rings is 1. The fourth-order valence-electron chi connectivity index (χ4n) is 1.39. The third kappa shape index (κ3) is 5.71. The summed E-state index contributed by atoms with van der Waals surface area (Å²) in [5.41, 5.74) is -0.908. The molecule has 1 aromatic rings. The van der Waals surface area contributed by atoms with Crippen molar-refractivity contribution in [2.45, 2.75) is 18.9 Å². The number of amides is 2. The molecule has 104 valence electrons. The van der Waals surface area contributed by atoms with Crippen LogP contribution in [0, 0.1) is 0 Å². The number of hydrogen-bond acceptors (Lipinski definition) is 3. The van der Waals surface area contributed by atoms with Crippen molar-refractivity contribution in [2.24, 2.45) is 0 Å². The predicted molar refractivity (Wildman–Crippen MR) is 74.0 cm³/mol. The standard InChI is InChI=1S/C12H15BrN2O4/c1-12(19,6-10(16)17)7-14-11(18)15-9-5-3-2-4-8(9)13/h2-5,19H,6-7H2,1H3,(H,16,17)(H2,14,15,18). The second-order valence-corrected chi connectivity index (χ2v) is 5.21. The molecule has 7 heteroatoms. The Labute approximate surface area is 118 Å². The number of carboxylic acids is 1. The Balaban J connectivity index is 2.49. The first kappa shape index (κ1) is 15.5. The summed E-state index contributed by atoms with van der Waals surface area (Å²) in [5.74, 6) is -1.13. The number of aliphatic carboxylic acids is 1. The van der Waals surface area contributed by atoms with E-state index in [0.717, 1.165) is 4.47 Å². The van der Waals surface area contributed by atoms with Crippen LogP contribution >= 0.6 is 15.9 Å². The van der Waals surface area contributed by atoms with Crippen LogP contribution < -0.4 is 10.6 Å². The molecule has 0 fully saturated rings. The zero-order valence-electron chi connectivity index (χ0n) is 10.3. The molecule has 1 rings (SSSR count). The van der Waals surface area contributed by atoms with Crippen LogP contribution in [0.15, 0.2) is 28.7 Å². The minimum Gasteiger partial charge on any atom is -0.481 e. The molecule has 4 N–H and O–H groups in total. The number of urea groups is 1. The zero-order chi connectivity index (χ0) is 14.5. The molecule has 0 saturated heterocycles. The highest BCUT2D eigenvalue weighted by atomic mass is 79.9. The summed E-state index contributed by atoms with van der Waals surface area (Å²) in [4.78, 5) is 22.1. The number of aliphatic hydroxyl groups is 1. The molecular weight excluding hydrogens is 316 g/mol. The van der Waals surface area contributed by atoms with Crippen molar-refractivity contribution in [3.8, 4) is 0 Å². The van der Waals surface area contributed by atoms with Crippen molar-refractivity contribution >= 4 is 33.6 Å². The molecule has 0 aromatic heterocycles. The van der Waals surface area contributed by atoms with Gasteiger partial charge >= 0.3 is 12.0 Å². The molecule has 0 radical (unpaired) electrons. The van der Waals surface area contributed by atoms with Gasteiger partial charge in [-0.25, -0.2) is 4.79 Å². The quantitative estimate of drug-likeness (QED) is 0.661. The number of halogens is 1. The van der Waals surface area contributed by atoms with Gasteiger partial charge in [-0.05, 0) is 35.0 Å². The van der Waals surface area contributed by atoms with Crippen molar-refractivity contribution in [1.82, 2.24) is 5.32 Å². The molecular formula is C12H15BrN2O4. The molecule has 0 heterocycles. The number of anilines is 1. The van der Waals surface area contributed by atoms with Crippen LogP contribution in [0.4, 0.5) is 10.5 Å². The first-order valence-electron chi connectivity index (χ1n) is 5.54. The molecule has 0 spiro atoms. The Hall–Kier alpha value is -1.60. The van der Waals surface area contributed by atoms with Crippen LogP contribution in [-0.4, -0.2) is 34.4 Å². The van der Waals surface area contributed by atoms with E-state index >= 15 is 0 Å². The van der Waals surface area contributed by atoms with Crippen molar-refractivity contribution in [2.75, 3.05) is 11.9 Å². The molecule has 0 bridgehead atoms. The van der Waals surface area contributed by atoms with E-state index in [2.05, 4.69) is 26.6 Å². The minimum absolute atomic E-state index is 0.157. The van der Waals surface area contributed by atoms with Gasteiger partial charge in [-0.15, -0.1) is 0 Å². The van der Waals surface area contributed by atoms with Crippen LogP contribution in [0.2, 0.25) is 0 Å². The van der Waals surface area contributed by atoms with Crippen LogP contribution in [0.25, 0.3) is 0 Å². The third-order valence-electron chi connectivity index (χ3n) is 2.28. The topological polar surface area (TPSA) is 98.7 Å². The van der Waals surface area contributed by atoms with Crippen LogP contribution in [-0.2, 0) is 4.79 Å². The highest BCUT2D eigenvalue weighted by molar-refractivity contribution is 9.10. The molecule has 1 unspecified atom stereocenters. The van der Waals surface area contributed by atoms with Gasteiger partial charge < -0.3 is 20.8 Å². The van der Waals surface area contributed by atoms with Gasteiger partial charge in [0.2, 0.25) is 0 Å². The third-order valence-corrected chi connectivity index (χ3v) is 2.98. The summed E-state index contributed by atoms with van der Waals surface area (Å²) in [6, 6.07) is 6.54. The molecule has 0 aliphatic heterocycles. The maximum absolute atomic E-state index is 11.6. The first-order valence-corrected chi connectivity index (χ1v) is 6.33. The highest BCUT2D eigenvalue weighted by Crippen LogP contribution is 2.20. The lowest BCUT2D eigenvalue weighted by Gasteiger charge is -2.21. The summed E-state index contributed by atoms with van der Waals surface area (Å²) >= 11 is 3.28. The lowest BCUT2D eigenvalue weighted by molar-refractivity contribution is -0.141. The van der Waals surface area contributed by atoms with Crippen LogP contribution in [0.5, 0.6) is 0 Å². The number of carbonyl (C=O) groups excluding carboxylic acids is 1. The van der Waals surface area contributed by atoms with Crippen molar-refractivity contribution in [1.29, 1.82) is 0 Å². The second-order valence-electron chi connectivity index (χ2n) is 4.35. The van der Waals surface area contributed by atoms with E-state index in [-0.39, 0.29) is 6.54 Å². The Morgan fingerprint density at radius 2 is 2.00 bits per heavy atom. The summed E-state index contributed by atoms with van der Waals surface area (Å²) in [7, 11) is 0. The first-order chi connectivity index (χ1) is 8.80. The smallest absolute Gasteiger partial charge is 0.319 e. The maximum atomic E-state index is 11.6. The highest BCUT2D eigenvalue weighted by Gasteiger charge is 2.24. The average Bonchev–Trinajstić information content (AvgIpc) is 2.28. The number of carbonyl (C=O) groups is 2. The van der Waals surface area contributed by atoms with E-state index in [9.17, 15) is 14.7 Å². The van der Waals surface area contributed by atoms with Gasteiger partial charge in [0.15, 0.2) is 0 Å². The Morgan fingerprint density at radius 1 is 1.37 bits per heavy atom. The normalized spacial score (nSPS) is 13.4. The summed E-state index contributed by atoms with van der Waals surface area (Å²) in [6.45, 7) is 1.19. The van der Waals surface area contributed by atoms with E-state index in [1.165, 1.54) is 6.92 Å². The molecule has 19 heavy (non-hydrogen) atoms. The van der Waals surface area contributed by atoms with E-state index in [4.69, 9.17) is 5.11 Å². The zero-order valence-corrected chi connectivity index (χ0v) is 11.9. The molecule has 0 aliphatic rings. The SMILES string of the molecule is CC(O)(CNC(=O)Nc1ccccc1Br)CC(=O)O. The van der Waals surface area contributed by atoms with Gasteiger partial charge in [0.1, 0.15) is 0 Å². The molecule has 6 nitrogen and oxygen atoms in total. The van der Waals surface area contributed by atoms with Gasteiger partial charge in [0, 0.05) is 11.0 Å². The summed E-state index contributed by atoms with van der Waals surface area (Å²) in [6.07, 6.45) is -0.442. The van der Waals surface area contributed by atoms with Gasteiger partial charge in [0.05, 0.1) is 17.7 Å². The number of carboxylic acid groups (broad SMARTS) is 1. The Bertz CT molecular complexity index is 477. The maximum Gasteiger partial charge on any atom is 0.319 e. The van der Waals surface area contributed by atoms with Crippen molar-refractivity contribution in [3.63, 3.8) is 0 Å². The van der Waals surface area contributed by atoms with E-state index in [1.807, 2.05) is 6.07 Å². The molecule has 1 aromatic carbocycles. The molecule has 0 aliphatic carbocycles. The minimum atomic E-state index is -1.49. The largest absolute Gasteiger partial charge is 0.481 e. The van der Waals surface area contributed by atoms with Gasteiger partial charge in [-0.1, -0.05) is 12.1 Å². The van der Waals surface area contributed by atoms with E-state index in [0.29, 0.717) is 5.69 Å². The molecule has 2 amide bonds. The number of hydrogen-bond donors (Lipinski definition) is 4. The van der Waals surface area contributed by atoms with Gasteiger partial charge in [-0.3, -0.25) is 4.79 Å². The van der Waals surface area contributed by atoms with Crippen molar-refractivity contribution < 1.29 is 19.8 Å². The van der Waals surface area contributed by atoms with Crippen LogP contribution in [0.3, 0.4) is 0 Å². The van der Waals surface area contributed by atoms with Gasteiger partial charge in [0.25, 0.3) is 0 Å². The lowest BCUT2D eigenvalue weighted by Crippen LogP contribution is -2.43. The second kappa shape index (κ2) is 6.53.